The molecule has 0 saturated heterocycles. The summed E-state index contributed by atoms with van der Waals surface area (Å²) in [4.78, 5) is 32.8. The predicted octanol–water partition coefficient (Wildman–Crippen LogP) is 0.592. The van der Waals surface area contributed by atoms with Gasteiger partial charge < -0.3 is 20.5 Å². The van der Waals surface area contributed by atoms with Crippen LogP contribution >= 0.6 is 0 Å². The molecule has 0 spiro atoms. The van der Waals surface area contributed by atoms with E-state index in [-0.39, 0.29) is 12.8 Å². The monoisotopic (exact) mass is 318 g/mol. The number of urea groups is 1. The number of hydrogen-bond acceptors (Lipinski definition) is 4. The van der Waals surface area contributed by atoms with Gasteiger partial charge in [0.1, 0.15) is 6.04 Å². The fraction of sp³-hybridized carbons (Fsp3) is 0.700. The van der Waals surface area contributed by atoms with Crippen molar-refractivity contribution in [3.05, 3.63) is 0 Å². The molecule has 0 fully saturated rings. The van der Waals surface area contributed by atoms with E-state index in [0.29, 0.717) is 0 Å². The molecule has 0 aromatic carbocycles. The molecule has 0 aromatic heterocycles. The van der Waals surface area contributed by atoms with E-state index in [0.717, 1.165) is 7.11 Å². The molecule has 2 amide bonds. The lowest BCUT2D eigenvalue weighted by Crippen LogP contribution is -2.50. The third-order valence-corrected chi connectivity index (χ3v) is 2.27. The van der Waals surface area contributed by atoms with Crippen LogP contribution in [0.3, 0.4) is 0 Å². The van der Waals surface area contributed by atoms with E-state index in [4.69, 9.17) is 5.11 Å². The zero-order chi connectivity index (χ0) is 16.6. The molecule has 1 atom stereocenters. The number of nitrogens with one attached hydrogen (secondary N) is 2. The number of esters is 1. The maximum atomic E-state index is 12.5. The van der Waals surface area contributed by atoms with Crippen LogP contribution in [0.2, 0.25) is 0 Å². The Morgan fingerprint density at radius 2 is 1.86 bits per heavy atom. The van der Waals surface area contributed by atoms with Crippen LogP contribution < -0.4 is 10.6 Å². The first-order chi connectivity index (χ1) is 9.60. The van der Waals surface area contributed by atoms with Crippen molar-refractivity contribution in [3.63, 3.8) is 0 Å². The number of hydrogen-bond donors (Lipinski definition) is 3. The Morgan fingerprint density at radius 3 is 2.29 bits per heavy atom. The molecule has 0 radical (unpaired) electrons. The van der Waals surface area contributed by atoms with Crippen molar-refractivity contribution in [2.24, 2.45) is 0 Å². The van der Waals surface area contributed by atoms with Gasteiger partial charge in [0.15, 0.2) is 0 Å². The first-order valence-corrected chi connectivity index (χ1v) is 5.60. The highest BCUT2D eigenvalue weighted by atomic mass is 19.3. The van der Waals surface area contributed by atoms with Crippen molar-refractivity contribution in [1.29, 1.82) is 0 Å². The SMILES string of the molecule is COC(=O)CC[C@H](NC(=O)NCC(F)(F)C(F)F)C(=O)O. The quantitative estimate of drug-likeness (QED) is 0.449. The molecule has 122 valence electrons. The summed E-state index contributed by atoms with van der Waals surface area (Å²) in [6.45, 7) is -1.65. The molecule has 0 aromatic rings. The smallest absolute Gasteiger partial charge is 0.326 e. The summed E-state index contributed by atoms with van der Waals surface area (Å²) in [6, 6.07) is -2.92. The number of carboxylic acid groups (broad SMARTS) is 1. The van der Waals surface area contributed by atoms with Gasteiger partial charge in [0.05, 0.1) is 13.7 Å². The topological polar surface area (TPSA) is 105 Å². The van der Waals surface area contributed by atoms with E-state index in [1.165, 1.54) is 5.32 Å². The van der Waals surface area contributed by atoms with Crippen LogP contribution in [0.4, 0.5) is 22.4 Å². The minimum Gasteiger partial charge on any atom is -0.480 e. The second-order valence-corrected chi connectivity index (χ2v) is 3.89. The molecular formula is C10H14F4N2O5. The van der Waals surface area contributed by atoms with Gasteiger partial charge in [-0.25, -0.2) is 18.4 Å². The van der Waals surface area contributed by atoms with E-state index < -0.39 is 42.9 Å². The zero-order valence-electron chi connectivity index (χ0n) is 10.9. The first kappa shape index (κ1) is 18.9. The number of rotatable bonds is 8. The van der Waals surface area contributed by atoms with E-state index in [9.17, 15) is 31.9 Å². The number of aliphatic carboxylic acids is 1. The molecular weight excluding hydrogens is 304 g/mol. The highest BCUT2D eigenvalue weighted by Crippen LogP contribution is 2.21. The van der Waals surface area contributed by atoms with Crippen LogP contribution in [0, 0.1) is 0 Å². The number of methoxy groups -OCH3 is 1. The highest BCUT2D eigenvalue weighted by Gasteiger charge is 2.41. The van der Waals surface area contributed by atoms with Crippen LogP contribution in [0.5, 0.6) is 0 Å². The Labute approximate surface area is 116 Å². The van der Waals surface area contributed by atoms with E-state index in [1.54, 1.807) is 5.32 Å². The molecule has 0 aliphatic carbocycles. The van der Waals surface area contributed by atoms with Crippen LogP contribution in [0.15, 0.2) is 0 Å². The van der Waals surface area contributed by atoms with Gasteiger partial charge in [0.2, 0.25) is 0 Å². The van der Waals surface area contributed by atoms with Gasteiger partial charge in [-0.2, -0.15) is 8.78 Å². The molecule has 0 unspecified atom stereocenters. The number of amides is 2. The van der Waals surface area contributed by atoms with Gasteiger partial charge in [-0.1, -0.05) is 0 Å². The van der Waals surface area contributed by atoms with Gasteiger partial charge >= 0.3 is 30.3 Å². The predicted molar refractivity (Wildman–Crippen MR) is 60.2 cm³/mol. The summed E-state index contributed by atoms with van der Waals surface area (Å²) in [5, 5.41) is 12.0. The Bertz CT molecular complexity index is 392. The Morgan fingerprint density at radius 1 is 1.29 bits per heavy atom. The third kappa shape index (κ3) is 7.32. The van der Waals surface area contributed by atoms with Crippen molar-refractivity contribution in [2.45, 2.75) is 31.2 Å². The highest BCUT2D eigenvalue weighted by molar-refractivity contribution is 5.83. The van der Waals surface area contributed by atoms with Crippen LogP contribution in [-0.2, 0) is 14.3 Å². The van der Waals surface area contributed by atoms with Gasteiger partial charge in [-0.05, 0) is 6.42 Å². The summed E-state index contributed by atoms with van der Waals surface area (Å²) < 4.78 is 53.0. The second-order valence-electron chi connectivity index (χ2n) is 3.89. The van der Waals surface area contributed by atoms with Gasteiger partial charge in [-0.3, -0.25) is 4.79 Å². The standard InChI is InChI=1S/C10H14F4N2O5/c1-21-6(17)3-2-5(7(18)19)16-9(20)15-4-10(13,14)8(11)12/h5,8H,2-4H2,1H3,(H,18,19)(H2,15,16,20)/t5-/m0/s1. The molecule has 7 nitrogen and oxygen atoms in total. The molecule has 21 heavy (non-hydrogen) atoms. The molecule has 0 aliphatic rings. The van der Waals surface area contributed by atoms with Crippen molar-refractivity contribution >= 4 is 18.0 Å². The van der Waals surface area contributed by atoms with E-state index in [1.807, 2.05) is 0 Å². The molecule has 11 heteroatoms. The van der Waals surface area contributed by atoms with Gasteiger partial charge in [0, 0.05) is 6.42 Å². The zero-order valence-corrected chi connectivity index (χ0v) is 10.9. The normalized spacial score (nSPS) is 12.7. The lowest BCUT2D eigenvalue weighted by atomic mass is 10.1. The maximum absolute atomic E-state index is 12.5. The number of alkyl halides is 4. The number of halogens is 4. The van der Waals surface area contributed by atoms with Crippen molar-refractivity contribution in [2.75, 3.05) is 13.7 Å². The largest absolute Gasteiger partial charge is 0.480 e. The van der Waals surface area contributed by atoms with Crippen LogP contribution in [0.1, 0.15) is 12.8 Å². The summed E-state index contributed by atoms with van der Waals surface area (Å²) in [5.41, 5.74) is 0. The van der Waals surface area contributed by atoms with Gasteiger partial charge in [-0.15, -0.1) is 0 Å². The number of ether oxygens (including phenoxy) is 1. The average molecular weight is 318 g/mol. The first-order valence-electron chi connectivity index (χ1n) is 5.60. The van der Waals surface area contributed by atoms with Crippen molar-refractivity contribution < 1.29 is 41.8 Å². The summed E-state index contributed by atoms with van der Waals surface area (Å²) >= 11 is 0. The minimum absolute atomic E-state index is 0.332. The molecule has 0 bridgehead atoms. The van der Waals surface area contributed by atoms with Gasteiger partial charge in [0.25, 0.3) is 0 Å². The van der Waals surface area contributed by atoms with Crippen molar-refractivity contribution in [1.82, 2.24) is 10.6 Å². The molecule has 0 rings (SSSR count). The molecule has 0 saturated carbocycles. The minimum atomic E-state index is -4.43. The Kier molecular flexibility index (Phi) is 7.45. The third-order valence-electron chi connectivity index (χ3n) is 2.27. The van der Waals surface area contributed by atoms with E-state index in [2.05, 4.69) is 4.74 Å². The fourth-order valence-corrected chi connectivity index (χ4v) is 1.11. The molecule has 0 aliphatic heterocycles. The maximum Gasteiger partial charge on any atom is 0.326 e. The number of carboxylic acids is 1. The fourth-order valence-electron chi connectivity index (χ4n) is 1.11. The second kappa shape index (κ2) is 8.27. The van der Waals surface area contributed by atoms with Crippen molar-refractivity contribution in [3.8, 4) is 0 Å². The molecule has 0 heterocycles. The Hall–Kier alpha value is -2.07. The Balaban J connectivity index is 4.36. The summed E-state index contributed by atoms with van der Waals surface area (Å²) in [5.74, 6) is -6.68. The lowest BCUT2D eigenvalue weighted by Gasteiger charge is -2.18. The summed E-state index contributed by atoms with van der Waals surface area (Å²) in [6.07, 6.45) is -4.64. The van der Waals surface area contributed by atoms with Crippen LogP contribution in [0.25, 0.3) is 0 Å². The molecule has 3 N–H and O–H groups in total. The number of carbonyl (C=O) groups excluding carboxylic acids is 2. The van der Waals surface area contributed by atoms with E-state index >= 15 is 0 Å². The lowest BCUT2D eigenvalue weighted by molar-refractivity contribution is -0.142. The number of carbonyl (C=O) groups is 3. The summed E-state index contributed by atoms with van der Waals surface area (Å²) in [7, 11) is 1.07. The average Bonchev–Trinajstić information content (AvgIpc) is 2.40. The van der Waals surface area contributed by atoms with Crippen LogP contribution in [-0.4, -0.2) is 55.1 Å².